The van der Waals surface area contributed by atoms with Gasteiger partial charge in [0.05, 0.1) is 5.69 Å². The molecule has 1 saturated heterocycles. The Hall–Kier alpha value is -2.92. The number of carbonyl (C=O) groups is 1. The molecule has 3 rings (SSSR count). The van der Waals surface area contributed by atoms with Crippen LogP contribution in [0.1, 0.15) is 29.8 Å². The molecule has 0 spiro atoms. The summed E-state index contributed by atoms with van der Waals surface area (Å²) in [6.07, 6.45) is 1.96. The van der Waals surface area contributed by atoms with E-state index >= 15 is 0 Å². The standard InChI is InChI=1S/C25H32N4O/c1-4-16-27-17-19-29(20-18-27)24(26-23-10-8-7-9-11-23)21-12-14-22(15-13-21)25(30)28(5-2)6-3/h4,7-15H,1,5-6,16-20H2,2-3H3/b26-24-. The average Bonchev–Trinajstić information content (AvgIpc) is 2.80. The molecule has 0 atom stereocenters. The van der Waals surface area contributed by atoms with E-state index in [1.807, 2.05) is 79.4 Å². The summed E-state index contributed by atoms with van der Waals surface area (Å²) >= 11 is 0. The minimum absolute atomic E-state index is 0.0751. The smallest absolute Gasteiger partial charge is 0.253 e. The third-order valence-corrected chi connectivity index (χ3v) is 5.49. The maximum atomic E-state index is 12.7. The molecule has 1 aliphatic rings. The number of amides is 1. The van der Waals surface area contributed by atoms with Crippen molar-refractivity contribution in [1.82, 2.24) is 14.7 Å². The largest absolute Gasteiger partial charge is 0.354 e. The van der Waals surface area contributed by atoms with Crippen LogP contribution in [-0.2, 0) is 0 Å². The summed E-state index contributed by atoms with van der Waals surface area (Å²) in [6, 6.07) is 17.9. The van der Waals surface area contributed by atoms with Crippen LogP contribution in [0.3, 0.4) is 0 Å². The normalized spacial score (nSPS) is 15.1. The molecule has 1 aliphatic heterocycles. The lowest BCUT2D eigenvalue weighted by molar-refractivity contribution is 0.0773. The number of hydrogen-bond acceptors (Lipinski definition) is 3. The zero-order chi connectivity index (χ0) is 21.3. The van der Waals surface area contributed by atoms with Crippen molar-refractivity contribution >= 4 is 17.4 Å². The molecule has 30 heavy (non-hydrogen) atoms. The van der Waals surface area contributed by atoms with E-state index in [1.165, 1.54) is 0 Å². The van der Waals surface area contributed by atoms with E-state index in [1.54, 1.807) is 0 Å². The Morgan fingerprint density at radius 3 is 2.13 bits per heavy atom. The fraction of sp³-hybridized carbons (Fsp3) is 0.360. The van der Waals surface area contributed by atoms with Crippen LogP contribution in [-0.4, -0.2) is 72.3 Å². The first-order chi connectivity index (χ1) is 14.7. The maximum absolute atomic E-state index is 12.7. The Labute approximate surface area is 180 Å². The fourth-order valence-corrected chi connectivity index (χ4v) is 3.72. The molecule has 158 valence electrons. The number of aliphatic imine (C=N–C) groups is 1. The van der Waals surface area contributed by atoms with Gasteiger partial charge in [0.2, 0.25) is 0 Å². The van der Waals surface area contributed by atoms with Crippen molar-refractivity contribution in [2.75, 3.05) is 45.8 Å². The second-order valence-electron chi connectivity index (χ2n) is 7.40. The molecule has 2 aromatic rings. The monoisotopic (exact) mass is 404 g/mol. The van der Waals surface area contributed by atoms with E-state index < -0.39 is 0 Å². The lowest BCUT2D eigenvalue weighted by Gasteiger charge is -2.36. The van der Waals surface area contributed by atoms with Gasteiger partial charge in [-0.2, -0.15) is 0 Å². The van der Waals surface area contributed by atoms with Crippen molar-refractivity contribution < 1.29 is 4.79 Å². The van der Waals surface area contributed by atoms with Gasteiger partial charge in [-0.05, 0) is 38.1 Å². The van der Waals surface area contributed by atoms with E-state index in [0.717, 1.165) is 55.4 Å². The van der Waals surface area contributed by atoms with E-state index in [0.29, 0.717) is 13.1 Å². The van der Waals surface area contributed by atoms with E-state index in [-0.39, 0.29) is 5.91 Å². The molecule has 0 bridgehead atoms. The number of benzene rings is 2. The van der Waals surface area contributed by atoms with E-state index in [9.17, 15) is 4.79 Å². The lowest BCUT2D eigenvalue weighted by atomic mass is 10.1. The summed E-state index contributed by atoms with van der Waals surface area (Å²) in [6.45, 7) is 14.0. The van der Waals surface area contributed by atoms with Crippen LogP contribution in [0, 0.1) is 0 Å². The Balaban J connectivity index is 1.86. The highest BCUT2D eigenvalue weighted by Gasteiger charge is 2.21. The van der Waals surface area contributed by atoms with Gasteiger partial charge in [-0.25, -0.2) is 4.99 Å². The van der Waals surface area contributed by atoms with E-state index in [4.69, 9.17) is 4.99 Å². The predicted molar refractivity (Wildman–Crippen MR) is 125 cm³/mol. The first-order valence-electron chi connectivity index (χ1n) is 10.8. The second-order valence-corrected chi connectivity index (χ2v) is 7.40. The Morgan fingerprint density at radius 1 is 0.967 bits per heavy atom. The molecule has 0 radical (unpaired) electrons. The molecule has 0 aliphatic carbocycles. The van der Waals surface area contributed by atoms with Gasteiger partial charge in [-0.15, -0.1) is 6.58 Å². The zero-order valence-corrected chi connectivity index (χ0v) is 18.1. The SMILES string of the molecule is C=CCN1CCN(/C(=N\c2ccccc2)c2ccc(C(=O)N(CC)CC)cc2)CC1. The molecule has 1 heterocycles. The molecule has 2 aromatic carbocycles. The molecule has 5 heteroatoms. The highest BCUT2D eigenvalue weighted by atomic mass is 16.2. The number of nitrogens with zero attached hydrogens (tertiary/aromatic N) is 4. The minimum Gasteiger partial charge on any atom is -0.354 e. The number of hydrogen-bond donors (Lipinski definition) is 0. The quantitative estimate of drug-likeness (QED) is 0.397. The molecule has 0 saturated carbocycles. The first kappa shape index (κ1) is 21.8. The Morgan fingerprint density at radius 2 is 1.57 bits per heavy atom. The van der Waals surface area contributed by atoms with Crippen molar-refractivity contribution in [3.8, 4) is 0 Å². The first-order valence-corrected chi connectivity index (χ1v) is 10.8. The van der Waals surface area contributed by atoms with E-state index in [2.05, 4.69) is 16.4 Å². The van der Waals surface area contributed by atoms with Gasteiger partial charge in [0.25, 0.3) is 5.91 Å². The number of rotatable bonds is 7. The molecule has 0 unspecified atom stereocenters. The molecule has 1 fully saturated rings. The Bertz CT molecular complexity index is 848. The van der Waals surface area contributed by atoms with Gasteiger partial charge in [-0.3, -0.25) is 9.69 Å². The molecule has 5 nitrogen and oxygen atoms in total. The van der Waals surface area contributed by atoms with Gasteiger partial charge in [0.15, 0.2) is 0 Å². The van der Waals surface area contributed by atoms with Crippen LogP contribution in [0.25, 0.3) is 0 Å². The van der Waals surface area contributed by atoms with Crippen LogP contribution in [0.15, 0.2) is 72.2 Å². The third-order valence-electron chi connectivity index (χ3n) is 5.49. The third kappa shape index (κ3) is 5.36. The molecule has 1 amide bonds. The summed E-state index contributed by atoms with van der Waals surface area (Å²) in [5, 5.41) is 0. The highest BCUT2D eigenvalue weighted by Crippen LogP contribution is 2.18. The second kappa shape index (κ2) is 10.7. The Kier molecular flexibility index (Phi) is 7.80. The van der Waals surface area contributed by atoms with Crippen molar-refractivity contribution in [2.24, 2.45) is 4.99 Å². The number of piperazine rings is 1. The average molecular weight is 405 g/mol. The number of carbonyl (C=O) groups excluding carboxylic acids is 1. The molecular formula is C25H32N4O. The van der Waals surface area contributed by atoms with Gasteiger partial charge in [0.1, 0.15) is 5.84 Å². The lowest BCUT2D eigenvalue weighted by Crippen LogP contribution is -2.48. The van der Waals surface area contributed by atoms with Gasteiger partial charge in [0, 0.05) is 56.9 Å². The predicted octanol–water partition coefficient (Wildman–Crippen LogP) is 4.05. The van der Waals surface area contributed by atoms with Crippen LogP contribution in [0.2, 0.25) is 0 Å². The van der Waals surface area contributed by atoms with Crippen LogP contribution < -0.4 is 0 Å². The summed E-state index contributed by atoms with van der Waals surface area (Å²) in [5.41, 5.74) is 2.69. The zero-order valence-electron chi connectivity index (χ0n) is 18.1. The van der Waals surface area contributed by atoms with Gasteiger partial charge < -0.3 is 9.80 Å². The summed E-state index contributed by atoms with van der Waals surface area (Å²) in [4.78, 5) is 24.2. The van der Waals surface area contributed by atoms with Crippen LogP contribution >= 0.6 is 0 Å². The van der Waals surface area contributed by atoms with Crippen molar-refractivity contribution in [3.05, 3.63) is 78.4 Å². The molecule has 0 N–H and O–H groups in total. The van der Waals surface area contributed by atoms with Crippen molar-refractivity contribution in [3.63, 3.8) is 0 Å². The number of para-hydroxylation sites is 1. The highest BCUT2D eigenvalue weighted by molar-refractivity contribution is 6.01. The topological polar surface area (TPSA) is 39.1 Å². The van der Waals surface area contributed by atoms with Gasteiger partial charge >= 0.3 is 0 Å². The van der Waals surface area contributed by atoms with Crippen LogP contribution in [0.5, 0.6) is 0 Å². The van der Waals surface area contributed by atoms with Crippen molar-refractivity contribution in [2.45, 2.75) is 13.8 Å². The van der Waals surface area contributed by atoms with Crippen LogP contribution in [0.4, 0.5) is 5.69 Å². The molecular weight excluding hydrogens is 372 g/mol. The van der Waals surface area contributed by atoms with Crippen molar-refractivity contribution in [1.29, 1.82) is 0 Å². The summed E-state index contributed by atoms with van der Waals surface area (Å²) in [5.74, 6) is 1.03. The van der Waals surface area contributed by atoms with Gasteiger partial charge in [-0.1, -0.05) is 36.4 Å². The summed E-state index contributed by atoms with van der Waals surface area (Å²) in [7, 11) is 0. The maximum Gasteiger partial charge on any atom is 0.253 e. The molecule has 0 aromatic heterocycles. The number of amidine groups is 1. The minimum atomic E-state index is 0.0751. The summed E-state index contributed by atoms with van der Waals surface area (Å²) < 4.78 is 0. The fourth-order valence-electron chi connectivity index (χ4n) is 3.72.